The fraction of sp³-hybridized carbons (Fsp3) is 0.688. The fourth-order valence-corrected chi connectivity index (χ4v) is 9.14. The van der Waals surface area contributed by atoms with Crippen LogP contribution in [0.3, 0.4) is 0 Å². The van der Waals surface area contributed by atoms with Crippen molar-refractivity contribution >= 4 is 11.8 Å². The van der Waals surface area contributed by atoms with Crippen LogP contribution < -0.4 is 4.90 Å². The fourth-order valence-electron chi connectivity index (χ4n) is 9.14. The number of fused-ring (bicyclic) bond motifs is 5. The molecule has 7 atom stereocenters. The van der Waals surface area contributed by atoms with Crippen molar-refractivity contribution < 1.29 is 5.11 Å². The molecule has 0 amide bonds. The summed E-state index contributed by atoms with van der Waals surface area (Å²) in [6.07, 6.45) is 16.3. The van der Waals surface area contributed by atoms with E-state index in [1.807, 2.05) is 0 Å². The van der Waals surface area contributed by atoms with Crippen LogP contribution in [0.15, 0.2) is 41.5 Å². The number of hydrogen-bond acceptors (Lipinski definition) is 3. The molecule has 1 aromatic rings. The van der Waals surface area contributed by atoms with Crippen molar-refractivity contribution in [1.29, 1.82) is 0 Å². The smallest absolute Gasteiger partial charge is 0.0809 e. The van der Waals surface area contributed by atoms with Crippen LogP contribution in [0.4, 0.5) is 5.69 Å². The van der Waals surface area contributed by atoms with E-state index in [9.17, 15) is 5.11 Å². The first-order valence-electron chi connectivity index (χ1n) is 14.4. The second-order valence-electron chi connectivity index (χ2n) is 13.3. The number of aliphatic hydroxyl groups excluding tert-OH is 1. The van der Waals surface area contributed by atoms with Crippen LogP contribution in [-0.4, -0.2) is 49.3 Å². The van der Waals surface area contributed by atoms with Crippen LogP contribution in [0.2, 0.25) is 0 Å². The normalized spacial score (nSPS) is 42.4. The molecule has 0 radical (unpaired) electrons. The van der Waals surface area contributed by atoms with E-state index in [1.165, 1.54) is 81.3 Å². The van der Waals surface area contributed by atoms with Crippen molar-refractivity contribution in [3.8, 4) is 0 Å². The molecule has 0 spiro atoms. The van der Waals surface area contributed by atoms with E-state index in [-0.39, 0.29) is 11.5 Å². The highest BCUT2D eigenvalue weighted by molar-refractivity contribution is 5.59. The zero-order valence-electron chi connectivity index (χ0n) is 22.5. The van der Waals surface area contributed by atoms with Gasteiger partial charge < -0.3 is 14.9 Å². The number of anilines is 1. The first-order chi connectivity index (χ1) is 16.8. The largest absolute Gasteiger partial charge is 0.388 e. The lowest BCUT2D eigenvalue weighted by Gasteiger charge is -2.58. The number of nitrogens with zero attached hydrogens (tertiary/aromatic N) is 2. The predicted octanol–water partition coefficient (Wildman–Crippen LogP) is 6.53. The molecule has 1 aromatic carbocycles. The van der Waals surface area contributed by atoms with Gasteiger partial charge in [0.05, 0.1) is 6.10 Å². The monoisotopic (exact) mass is 474 g/mol. The molecular weight excluding hydrogens is 428 g/mol. The molecule has 3 heteroatoms. The van der Waals surface area contributed by atoms with E-state index in [0.29, 0.717) is 11.3 Å². The van der Waals surface area contributed by atoms with E-state index in [4.69, 9.17) is 0 Å². The molecular formula is C32H46N2O. The van der Waals surface area contributed by atoms with E-state index in [0.717, 1.165) is 24.3 Å². The van der Waals surface area contributed by atoms with Crippen molar-refractivity contribution in [2.75, 3.05) is 32.1 Å². The maximum absolute atomic E-state index is 11.6. The van der Waals surface area contributed by atoms with E-state index >= 15 is 0 Å². The van der Waals surface area contributed by atoms with Crippen molar-refractivity contribution in [1.82, 2.24) is 4.90 Å². The van der Waals surface area contributed by atoms with Crippen molar-refractivity contribution in [3.05, 3.63) is 47.1 Å². The van der Waals surface area contributed by atoms with Crippen LogP contribution in [0.25, 0.3) is 6.08 Å². The molecule has 3 nitrogen and oxygen atoms in total. The van der Waals surface area contributed by atoms with Crippen molar-refractivity contribution in [2.24, 2.45) is 28.6 Å². The summed E-state index contributed by atoms with van der Waals surface area (Å²) in [6, 6.07) is 9.58. The molecule has 1 heterocycles. The molecule has 1 N–H and O–H groups in total. The Morgan fingerprint density at radius 2 is 1.71 bits per heavy atom. The average Bonchev–Trinajstić information content (AvgIpc) is 3.47. The van der Waals surface area contributed by atoms with Gasteiger partial charge in [0.25, 0.3) is 0 Å². The van der Waals surface area contributed by atoms with Gasteiger partial charge in [0.2, 0.25) is 0 Å². The van der Waals surface area contributed by atoms with Gasteiger partial charge in [-0.15, -0.1) is 0 Å². The van der Waals surface area contributed by atoms with E-state index < -0.39 is 0 Å². The molecule has 6 rings (SSSR count). The first-order valence-corrected chi connectivity index (χ1v) is 14.4. The highest BCUT2D eigenvalue weighted by Crippen LogP contribution is 2.66. The first kappa shape index (κ1) is 23.8. The number of allylic oxidation sites excluding steroid dienone is 1. The molecule has 35 heavy (non-hydrogen) atoms. The van der Waals surface area contributed by atoms with Crippen LogP contribution in [0.5, 0.6) is 0 Å². The third-order valence-electron chi connectivity index (χ3n) is 11.4. The maximum Gasteiger partial charge on any atom is 0.0809 e. The van der Waals surface area contributed by atoms with Crippen LogP contribution in [-0.2, 0) is 0 Å². The number of aliphatic hydroxyl groups is 1. The van der Waals surface area contributed by atoms with Gasteiger partial charge in [-0.05, 0) is 117 Å². The van der Waals surface area contributed by atoms with Gasteiger partial charge in [0.1, 0.15) is 0 Å². The Morgan fingerprint density at radius 1 is 0.971 bits per heavy atom. The van der Waals surface area contributed by atoms with E-state index in [1.54, 1.807) is 5.57 Å². The Kier molecular flexibility index (Phi) is 5.96. The lowest BCUT2D eigenvalue weighted by atomic mass is 9.48. The second-order valence-corrected chi connectivity index (χ2v) is 13.3. The minimum Gasteiger partial charge on any atom is -0.388 e. The summed E-state index contributed by atoms with van der Waals surface area (Å²) in [6.45, 7) is 7.67. The summed E-state index contributed by atoms with van der Waals surface area (Å²) < 4.78 is 0. The summed E-state index contributed by atoms with van der Waals surface area (Å²) in [7, 11) is 4.17. The maximum atomic E-state index is 11.6. The number of benzene rings is 1. The zero-order valence-corrected chi connectivity index (χ0v) is 22.5. The van der Waals surface area contributed by atoms with Gasteiger partial charge in [-0.25, -0.2) is 0 Å². The van der Waals surface area contributed by atoms with Crippen LogP contribution >= 0.6 is 0 Å². The lowest BCUT2D eigenvalue weighted by Crippen LogP contribution is -2.52. The van der Waals surface area contributed by atoms with Crippen LogP contribution in [0.1, 0.15) is 77.2 Å². The quantitative estimate of drug-likeness (QED) is 0.504. The predicted molar refractivity (Wildman–Crippen MR) is 146 cm³/mol. The summed E-state index contributed by atoms with van der Waals surface area (Å²) in [5, 5.41) is 11.6. The van der Waals surface area contributed by atoms with Gasteiger partial charge in [0, 0.05) is 31.2 Å². The van der Waals surface area contributed by atoms with Gasteiger partial charge in [-0.2, -0.15) is 0 Å². The summed E-state index contributed by atoms with van der Waals surface area (Å²) in [5.41, 5.74) is 5.93. The lowest BCUT2D eigenvalue weighted by molar-refractivity contribution is -0.0662. The molecule has 5 aliphatic rings. The standard InChI is InChI=1S/C32H46N2O/c1-31-15-13-26(34-17-5-6-18-34)21-24(31)9-12-27-28(31)14-16-32(2)29(27)20-23(30(32)35)19-22-7-10-25(11-8-22)33(3)4/h7-11,19,26-30,35H,5-6,12-18,20-21H2,1-4H3/t26-,27+,28-,29-,30-,31-,32-/m0/s1. The topological polar surface area (TPSA) is 26.7 Å². The molecule has 4 aliphatic carbocycles. The summed E-state index contributed by atoms with van der Waals surface area (Å²) in [5.74, 6) is 2.13. The van der Waals surface area contributed by atoms with Gasteiger partial charge in [-0.1, -0.05) is 43.7 Å². The van der Waals surface area contributed by atoms with Gasteiger partial charge in [0.15, 0.2) is 0 Å². The molecule has 0 aromatic heterocycles. The Balaban J connectivity index is 1.24. The summed E-state index contributed by atoms with van der Waals surface area (Å²) in [4.78, 5) is 4.93. The molecule has 3 saturated carbocycles. The van der Waals surface area contributed by atoms with E-state index in [2.05, 4.69) is 74.2 Å². The Bertz CT molecular complexity index is 1000. The Hall–Kier alpha value is -1.58. The Morgan fingerprint density at radius 3 is 2.43 bits per heavy atom. The number of hydrogen-bond donors (Lipinski definition) is 1. The third-order valence-corrected chi connectivity index (χ3v) is 11.4. The molecule has 4 fully saturated rings. The van der Waals surface area contributed by atoms with Crippen molar-refractivity contribution in [3.63, 3.8) is 0 Å². The molecule has 190 valence electrons. The molecule has 0 bridgehead atoms. The second kappa shape index (κ2) is 8.77. The zero-order chi connectivity index (χ0) is 24.4. The minimum atomic E-state index is -0.300. The molecule has 1 saturated heterocycles. The minimum absolute atomic E-state index is 0.0328. The van der Waals surface area contributed by atoms with Crippen molar-refractivity contribution in [2.45, 2.75) is 83.8 Å². The summed E-state index contributed by atoms with van der Waals surface area (Å²) >= 11 is 0. The SMILES string of the molecule is CN(C)c1ccc(C=C2C[C@H]3[C@@H]4CC=C5C[C@@H](N6CCCC6)CC[C@]5(C)[C@H]4CC[C@]3(C)[C@H]2O)cc1. The average molecular weight is 475 g/mol. The van der Waals surface area contributed by atoms with Crippen LogP contribution in [0, 0.1) is 28.6 Å². The molecule has 1 aliphatic heterocycles. The highest BCUT2D eigenvalue weighted by atomic mass is 16.3. The third kappa shape index (κ3) is 3.84. The van der Waals surface area contributed by atoms with Gasteiger partial charge >= 0.3 is 0 Å². The number of rotatable bonds is 3. The molecule has 0 unspecified atom stereocenters. The number of likely N-dealkylation sites (tertiary alicyclic amines) is 1. The Labute approximate surface area is 213 Å². The van der Waals surface area contributed by atoms with Gasteiger partial charge in [-0.3, -0.25) is 0 Å². The highest BCUT2D eigenvalue weighted by Gasteiger charge is 2.59.